The molecule has 10 aromatic carbocycles. The van der Waals surface area contributed by atoms with Crippen molar-refractivity contribution in [3.8, 4) is 33.4 Å². The minimum absolute atomic E-state index is 0.487. The van der Waals surface area contributed by atoms with E-state index >= 15 is 0 Å². The van der Waals surface area contributed by atoms with Crippen molar-refractivity contribution in [3.63, 3.8) is 0 Å². The molecule has 3 heteroatoms. The van der Waals surface area contributed by atoms with Crippen molar-refractivity contribution in [2.45, 2.75) is 5.41 Å². The Hall–Kier alpha value is -7.98. The maximum atomic E-state index is 2.52. The van der Waals surface area contributed by atoms with Gasteiger partial charge in [0, 0.05) is 59.9 Å². The Morgan fingerprint density at radius 2 is 0.781 bits per heavy atom. The number of hydrogen-bond acceptors (Lipinski definition) is 3. The summed E-state index contributed by atoms with van der Waals surface area (Å²) in [5, 5.41) is 2.66. The van der Waals surface area contributed by atoms with Gasteiger partial charge in [0.05, 0.1) is 5.41 Å². The van der Waals surface area contributed by atoms with Crippen molar-refractivity contribution in [2.75, 3.05) is 9.80 Å². The fourth-order valence-electron chi connectivity index (χ4n) is 10.8. The maximum Gasteiger partial charge on any atom is 0.0726 e. The van der Waals surface area contributed by atoms with E-state index in [-0.39, 0.29) is 0 Å². The zero-order valence-electron chi connectivity index (χ0n) is 34.9. The lowest BCUT2D eigenvalue weighted by Gasteiger charge is -2.31. The summed E-state index contributed by atoms with van der Waals surface area (Å²) in [7, 11) is 0. The van der Waals surface area contributed by atoms with Gasteiger partial charge in [0.1, 0.15) is 0 Å². The van der Waals surface area contributed by atoms with Crippen LogP contribution in [-0.2, 0) is 5.41 Å². The number of anilines is 6. The Balaban J connectivity index is 1.09. The van der Waals surface area contributed by atoms with Gasteiger partial charge in [0.15, 0.2) is 0 Å². The SMILES string of the molecule is c1ccc(N(c2ccccc2)c2cc(-c3ccc4c(c3)C3(c5ccccc5-4)c4ccccc4-c4c3ccc3c4sc4ccccc43)cc(N(c3ccccc3)c3ccccc3)c2)cc1. The van der Waals surface area contributed by atoms with Gasteiger partial charge in [0.25, 0.3) is 0 Å². The molecule has 64 heavy (non-hydrogen) atoms. The minimum Gasteiger partial charge on any atom is -0.310 e. The molecule has 300 valence electrons. The lowest BCUT2D eigenvalue weighted by molar-refractivity contribution is 0.795. The first-order valence-electron chi connectivity index (χ1n) is 22.0. The zero-order chi connectivity index (χ0) is 42.2. The Morgan fingerprint density at radius 1 is 0.297 bits per heavy atom. The number of hydrogen-bond donors (Lipinski definition) is 0. The van der Waals surface area contributed by atoms with Crippen LogP contribution in [0.5, 0.6) is 0 Å². The van der Waals surface area contributed by atoms with E-state index in [2.05, 4.69) is 252 Å². The van der Waals surface area contributed by atoms with Crippen molar-refractivity contribution >= 4 is 65.6 Å². The van der Waals surface area contributed by atoms with E-state index in [1.54, 1.807) is 0 Å². The number of fused-ring (bicyclic) bond motifs is 14. The first-order chi connectivity index (χ1) is 31.8. The molecule has 13 rings (SSSR count). The van der Waals surface area contributed by atoms with Gasteiger partial charge in [0.2, 0.25) is 0 Å². The Morgan fingerprint density at radius 3 is 1.38 bits per heavy atom. The van der Waals surface area contributed by atoms with Crippen LogP contribution in [0.15, 0.2) is 243 Å². The lowest BCUT2D eigenvalue weighted by Crippen LogP contribution is -2.25. The van der Waals surface area contributed by atoms with E-state index in [9.17, 15) is 0 Å². The fraction of sp³-hybridized carbons (Fsp3) is 0.0164. The fourth-order valence-corrected chi connectivity index (χ4v) is 12.1. The average Bonchev–Trinajstić information content (AvgIpc) is 3.99. The molecule has 0 amide bonds. The van der Waals surface area contributed by atoms with Crippen LogP contribution >= 0.6 is 11.3 Å². The normalized spacial score (nSPS) is 14.3. The van der Waals surface area contributed by atoms with Crippen LogP contribution in [0.3, 0.4) is 0 Å². The van der Waals surface area contributed by atoms with Gasteiger partial charge in [-0.2, -0.15) is 0 Å². The molecule has 1 aromatic heterocycles. The summed E-state index contributed by atoms with van der Waals surface area (Å²) in [4.78, 5) is 4.76. The largest absolute Gasteiger partial charge is 0.310 e. The molecule has 0 saturated carbocycles. The van der Waals surface area contributed by atoms with E-state index in [1.807, 2.05) is 11.3 Å². The molecule has 0 radical (unpaired) electrons. The smallest absolute Gasteiger partial charge is 0.0726 e. The second-order valence-electron chi connectivity index (χ2n) is 16.8. The Bertz CT molecular complexity index is 3380. The molecule has 0 bridgehead atoms. The van der Waals surface area contributed by atoms with E-state index < -0.39 is 5.41 Å². The molecule has 2 aliphatic rings. The molecule has 1 unspecified atom stereocenters. The standard InChI is InChI=1S/C61H40N2S/c1-5-19-43(20-6-1)62(44-21-7-2-8-22-44)47-37-42(38-48(40-47)63(45-23-9-3-10-24-45)46-25-11-4-12-26-46)41-33-34-50-49-27-13-16-30-54(49)61(57(50)39-41)55-31-17-14-29-53(55)59-56(61)36-35-52-51-28-15-18-32-58(51)64-60(52)59/h1-40H. The third-order valence-corrected chi connectivity index (χ3v) is 14.6. The number of nitrogens with zero attached hydrogens (tertiary/aromatic N) is 2. The summed E-state index contributed by atoms with van der Waals surface area (Å²) in [6.45, 7) is 0. The van der Waals surface area contributed by atoms with Gasteiger partial charge in [-0.25, -0.2) is 0 Å². The monoisotopic (exact) mass is 832 g/mol. The van der Waals surface area contributed by atoms with Crippen molar-refractivity contribution in [1.82, 2.24) is 0 Å². The summed E-state index contributed by atoms with van der Waals surface area (Å²) < 4.78 is 2.70. The molecule has 1 atom stereocenters. The van der Waals surface area contributed by atoms with Gasteiger partial charge in [-0.1, -0.05) is 164 Å². The van der Waals surface area contributed by atoms with Gasteiger partial charge in [-0.3, -0.25) is 0 Å². The van der Waals surface area contributed by atoms with Crippen LogP contribution in [0, 0.1) is 0 Å². The van der Waals surface area contributed by atoms with E-state index in [0.29, 0.717) is 0 Å². The van der Waals surface area contributed by atoms with Crippen molar-refractivity contribution in [1.29, 1.82) is 0 Å². The van der Waals surface area contributed by atoms with E-state index in [0.717, 1.165) is 39.7 Å². The molecule has 0 N–H and O–H groups in total. The molecule has 0 fully saturated rings. The lowest BCUT2D eigenvalue weighted by atomic mass is 9.70. The second-order valence-corrected chi connectivity index (χ2v) is 17.9. The highest BCUT2D eigenvalue weighted by molar-refractivity contribution is 7.26. The van der Waals surface area contributed by atoms with Crippen molar-refractivity contribution in [2.24, 2.45) is 0 Å². The quantitative estimate of drug-likeness (QED) is 0.158. The minimum atomic E-state index is -0.487. The van der Waals surface area contributed by atoms with Gasteiger partial charge >= 0.3 is 0 Å². The topological polar surface area (TPSA) is 6.48 Å². The molecule has 2 aliphatic carbocycles. The summed E-state index contributed by atoms with van der Waals surface area (Å²) in [6.07, 6.45) is 0. The predicted molar refractivity (Wildman–Crippen MR) is 270 cm³/mol. The van der Waals surface area contributed by atoms with Gasteiger partial charge in [-0.05, 0) is 129 Å². The first-order valence-corrected chi connectivity index (χ1v) is 22.8. The summed E-state index contributed by atoms with van der Waals surface area (Å²) in [5.74, 6) is 0. The second kappa shape index (κ2) is 14.6. The summed E-state index contributed by atoms with van der Waals surface area (Å²) in [5.41, 5.74) is 19.0. The molecular weight excluding hydrogens is 793 g/mol. The number of thiophene rings is 1. The van der Waals surface area contributed by atoms with Crippen LogP contribution < -0.4 is 9.80 Å². The third kappa shape index (κ3) is 5.44. The highest BCUT2D eigenvalue weighted by Crippen LogP contribution is 2.65. The molecular formula is C61H40N2S. The maximum absolute atomic E-state index is 2.52. The Labute approximate surface area is 377 Å². The highest BCUT2D eigenvalue weighted by Gasteiger charge is 2.52. The number of rotatable bonds is 7. The zero-order valence-corrected chi connectivity index (χ0v) is 35.7. The molecule has 2 nitrogen and oxygen atoms in total. The van der Waals surface area contributed by atoms with Crippen molar-refractivity contribution in [3.05, 3.63) is 265 Å². The van der Waals surface area contributed by atoms with E-state index in [4.69, 9.17) is 0 Å². The number of para-hydroxylation sites is 4. The van der Waals surface area contributed by atoms with Gasteiger partial charge < -0.3 is 9.80 Å². The van der Waals surface area contributed by atoms with Crippen LogP contribution in [-0.4, -0.2) is 0 Å². The molecule has 1 spiro atoms. The van der Waals surface area contributed by atoms with E-state index in [1.165, 1.54) is 70.2 Å². The third-order valence-electron chi connectivity index (χ3n) is 13.4. The molecule has 0 saturated heterocycles. The van der Waals surface area contributed by atoms with Crippen LogP contribution in [0.1, 0.15) is 22.3 Å². The van der Waals surface area contributed by atoms with Crippen LogP contribution in [0.2, 0.25) is 0 Å². The Kier molecular flexibility index (Phi) is 8.34. The van der Waals surface area contributed by atoms with Crippen LogP contribution in [0.25, 0.3) is 53.6 Å². The number of benzene rings is 10. The average molecular weight is 833 g/mol. The summed E-state index contributed by atoms with van der Waals surface area (Å²) in [6, 6.07) is 89.3. The molecule has 0 aliphatic heterocycles. The van der Waals surface area contributed by atoms with Crippen LogP contribution in [0.4, 0.5) is 34.1 Å². The summed E-state index contributed by atoms with van der Waals surface area (Å²) >= 11 is 1.93. The predicted octanol–water partition coefficient (Wildman–Crippen LogP) is 17.0. The molecule has 11 aromatic rings. The van der Waals surface area contributed by atoms with Crippen molar-refractivity contribution < 1.29 is 0 Å². The molecule has 1 heterocycles. The van der Waals surface area contributed by atoms with Gasteiger partial charge in [-0.15, -0.1) is 11.3 Å². The first kappa shape index (κ1) is 36.7. The highest BCUT2D eigenvalue weighted by atomic mass is 32.1.